The van der Waals surface area contributed by atoms with Crippen molar-refractivity contribution in [3.63, 3.8) is 0 Å². The van der Waals surface area contributed by atoms with Crippen molar-refractivity contribution in [2.45, 2.75) is 12.6 Å². The number of anilines is 1. The molecule has 3 heterocycles. The molecule has 0 aliphatic carbocycles. The monoisotopic (exact) mass is 516 g/mol. The van der Waals surface area contributed by atoms with Gasteiger partial charge in [0.1, 0.15) is 5.82 Å². The van der Waals surface area contributed by atoms with Crippen LogP contribution in [0.4, 0.5) is 14.9 Å². The number of nitrogens with zero attached hydrogens (tertiary/aromatic N) is 3. The molecule has 1 fully saturated rings. The number of hydrogen-bond donors (Lipinski definition) is 3. The second-order valence-corrected chi connectivity index (χ2v) is 8.72. The summed E-state index contributed by atoms with van der Waals surface area (Å²) in [5, 5.41) is 2.53. The van der Waals surface area contributed by atoms with Gasteiger partial charge < -0.3 is 15.0 Å². The summed E-state index contributed by atoms with van der Waals surface area (Å²) in [6, 6.07) is 17.2. The summed E-state index contributed by atoms with van der Waals surface area (Å²) in [5.41, 5.74) is 7.74. The Bertz CT molecular complexity index is 1390. The first-order valence-corrected chi connectivity index (χ1v) is 12.1. The molecule has 194 valence electrons. The first-order chi connectivity index (χ1) is 18.5. The van der Waals surface area contributed by atoms with Crippen LogP contribution < -0.4 is 21.1 Å². The predicted octanol–water partition coefficient (Wildman–Crippen LogP) is 1.99. The number of nitrogens with one attached hydrogen (secondary N) is 3. The molecular weight excluding hydrogens is 491 g/mol. The molecule has 10 nitrogen and oxygen atoms in total. The van der Waals surface area contributed by atoms with E-state index in [-0.39, 0.29) is 17.9 Å². The van der Waals surface area contributed by atoms with Gasteiger partial charge in [-0.15, -0.1) is 0 Å². The number of ether oxygens (including phenoxy) is 1. The van der Waals surface area contributed by atoms with Crippen molar-refractivity contribution in [3.05, 3.63) is 95.1 Å². The number of fused-ring (bicyclic) bond motifs is 1. The average molecular weight is 517 g/mol. The molecule has 1 atom stereocenters. The molecule has 1 aromatic heterocycles. The minimum Gasteiger partial charge on any atom is -0.378 e. The van der Waals surface area contributed by atoms with Crippen molar-refractivity contribution in [2.24, 2.45) is 4.99 Å². The van der Waals surface area contributed by atoms with Gasteiger partial charge in [-0.1, -0.05) is 54.6 Å². The average Bonchev–Trinajstić information content (AvgIpc) is 3.08. The summed E-state index contributed by atoms with van der Waals surface area (Å²) in [5.74, 6) is -1.64. The zero-order valence-electron chi connectivity index (χ0n) is 20.3. The zero-order valence-corrected chi connectivity index (χ0v) is 20.3. The number of hydrazine groups is 1. The SMILES string of the molecule is O=C(NNC(=O)c1ncc(F)cc1N1CCOCC1)N[C@H]1N=C(c2ccccc2)c2ccccc2CC1=O. The van der Waals surface area contributed by atoms with E-state index >= 15 is 0 Å². The minimum absolute atomic E-state index is 0.0565. The van der Waals surface area contributed by atoms with Crippen LogP contribution in [0.2, 0.25) is 0 Å². The van der Waals surface area contributed by atoms with Crippen LogP contribution in [0, 0.1) is 5.82 Å². The third-order valence-electron chi connectivity index (χ3n) is 6.21. The van der Waals surface area contributed by atoms with Gasteiger partial charge in [-0.25, -0.2) is 19.6 Å². The van der Waals surface area contributed by atoms with E-state index in [1.807, 2.05) is 54.6 Å². The van der Waals surface area contributed by atoms with E-state index in [0.29, 0.717) is 37.7 Å². The van der Waals surface area contributed by atoms with Gasteiger partial charge in [0.15, 0.2) is 17.6 Å². The summed E-state index contributed by atoms with van der Waals surface area (Å²) < 4.78 is 19.2. The molecule has 0 bridgehead atoms. The number of benzene rings is 2. The maximum atomic E-state index is 13.9. The van der Waals surface area contributed by atoms with E-state index in [2.05, 4.69) is 26.1 Å². The molecule has 3 amide bonds. The molecule has 2 aliphatic heterocycles. The number of rotatable bonds is 4. The molecule has 2 aliphatic rings. The van der Waals surface area contributed by atoms with Crippen LogP contribution in [-0.2, 0) is 16.0 Å². The number of Topliss-reactive ketones (excluding diaryl/α,β-unsaturated/α-hetero) is 1. The topological polar surface area (TPSA) is 125 Å². The molecule has 3 N–H and O–H groups in total. The van der Waals surface area contributed by atoms with Gasteiger partial charge in [-0.2, -0.15) is 0 Å². The van der Waals surface area contributed by atoms with Crippen molar-refractivity contribution >= 4 is 29.1 Å². The molecule has 1 saturated heterocycles. The first kappa shape index (κ1) is 25.0. The number of aromatic nitrogens is 1. The normalized spacial score (nSPS) is 17.1. The maximum Gasteiger partial charge on any atom is 0.335 e. The lowest BCUT2D eigenvalue weighted by molar-refractivity contribution is -0.120. The summed E-state index contributed by atoms with van der Waals surface area (Å²) in [4.78, 5) is 48.8. The van der Waals surface area contributed by atoms with Crippen molar-refractivity contribution < 1.29 is 23.5 Å². The fourth-order valence-corrected chi connectivity index (χ4v) is 4.38. The number of amides is 3. The lowest BCUT2D eigenvalue weighted by atomic mass is 9.96. The Morgan fingerprint density at radius 1 is 1.00 bits per heavy atom. The molecule has 0 saturated carbocycles. The van der Waals surface area contributed by atoms with Crippen LogP contribution in [0.3, 0.4) is 0 Å². The van der Waals surface area contributed by atoms with Crippen LogP contribution >= 0.6 is 0 Å². The highest BCUT2D eigenvalue weighted by Crippen LogP contribution is 2.22. The second-order valence-electron chi connectivity index (χ2n) is 8.72. The third kappa shape index (κ3) is 5.52. The molecule has 0 unspecified atom stereocenters. The Morgan fingerprint density at radius 2 is 1.74 bits per heavy atom. The number of carbonyl (C=O) groups excluding carboxylic acids is 3. The Kier molecular flexibility index (Phi) is 7.36. The summed E-state index contributed by atoms with van der Waals surface area (Å²) in [7, 11) is 0. The van der Waals surface area contributed by atoms with Gasteiger partial charge in [-0.05, 0) is 5.56 Å². The van der Waals surface area contributed by atoms with Crippen LogP contribution in [0.15, 0.2) is 71.9 Å². The number of ketones is 1. The zero-order chi connectivity index (χ0) is 26.5. The number of morpholine rings is 1. The summed E-state index contributed by atoms with van der Waals surface area (Å²) in [6.45, 7) is 1.80. The summed E-state index contributed by atoms with van der Waals surface area (Å²) >= 11 is 0. The number of halogens is 1. The number of pyridine rings is 1. The number of aliphatic imine (C=N–C) groups is 1. The highest BCUT2D eigenvalue weighted by Gasteiger charge is 2.28. The fraction of sp³-hybridized carbons (Fsp3) is 0.222. The molecule has 0 radical (unpaired) electrons. The van der Waals surface area contributed by atoms with Crippen LogP contribution in [-0.4, -0.2) is 60.9 Å². The lowest BCUT2D eigenvalue weighted by Gasteiger charge is -2.29. The van der Waals surface area contributed by atoms with Crippen LogP contribution in [0.25, 0.3) is 0 Å². The fourth-order valence-electron chi connectivity index (χ4n) is 4.38. The molecule has 2 aromatic carbocycles. The number of urea groups is 1. The maximum absolute atomic E-state index is 13.9. The van der Waals surface area contributed by atoms with Gasteiger partial charge >= 0.3 is 6.03 Å². The first-order valence-electron chi connectivity index (χ1n) is 12.1. The summed E-state index contributed by atoms with van der Waals surface area (Å²) in [6.07, 6.45) is -0.168. The van der Waals surface area contributed by atoms with Gasteiger partial charge in [0, 0.05) is 36.7 Å². The van der Waals surface area contributed by atoms with E-state index in [1.54, 1.807) is 4.90 Å². The van der Waals surface area contributed by atoms with Crippen molar-refractivity contribution in [3.8, 4) is 0 Å². The minimum atomic E-state index is -1.18. The highest BCUT2D eigenvalue weighted by atomic mass is 19.1. The Hall–Kier alpha value is -4.64. The van der Waals surface area contributed by atoms with Crippen LogP contribution in [0.1, 0.15) is 27.2 Å². The van der Waals surface area contributed by atoms with Gasteiger partial charge in [-0.3, -0.25) is 20.0 Å². The Labute approximate surface area is 217 Å². The lowest BCUT2D eigenvalue weighted by Crippen LogP contribution is -2.51. The number of hydrogen-bond acceptors (Lipinski definition) is 7. The standard InChI is InChI=1S/C27H25FN6O4/c28-19-15-21(34-10-12-38-13-11-34)24(29-16-19)26(36)32-33-27(37)31-25-22(35)14-18-8-4-5-9-20(18)23(30-25)17-6-2-1-3-7-17/h1-9,15-16,25H,10-14H2,(H,32,36)(H2,31,33,37)/t25-/m1/s1. The Balaban J connectivity index is 1.31. The van der Waals surface area contributed by atoms with Crippen LogP contribution in [0.5, 0.6) is 0 Å². The largest absolute Gasteiger partial charge is 0.378 e. The van der Waals surface area contributed by atoms with E-state index in [1.165, 1.54) is 6.07 Å². The van der Waals surface area contributed by atoms with Crippen molar-refractivity contribution in [1.82, 2.24) is 21.2 Å². The second kappa shape index (κ2) is 11.2. The third-order valence-corrected chi connectivity index (χ3v) is 6.21. The van der Waals surface area contributed by atoms with E-state index in [0.717, 1.165) is 22.9 Å². The number of carbonyl (C=O) groups is 3. The molecular formula is C27H25FN6O4. The molecule has 11 heteroatoms. The van der Waals surface area contributed by atoms with Gasteiger partial charge in [0.05, 0.1) is 30.8 Å². The smallest absolute Gasteiger partial charge is 0.335 e. The highest BCUT2D eigenvalue weighted by molar-refractivity contribution is 6.16. The van der Waals surface area contributed by atoms with Crippen molar-refractivity contribution in [1.29, 1.82) is 0 Å². The predicted molar refractivity (Wildman–Crippen MR) is 137 cm³/mol. The Morgan fingerprint density at radius 3 is 2.53 bits per heavy atom. The van der Waals surface area contributed by atoms with E-state index in [9.17, 15) is 18.8 Å². The molecule has 0 spiro atoms. The van der Waals surface area contributed by atoms with Gasteiger partial charge in [0.2, 0.25) is 0 Å². The molecule has 38 heavy (non-hydrogen) atoms. The molecule has 3 aromatic rings. The van der Waals surface area contributed by atoms with E-state index < -0.39 is 23.9 Å². The van der Waals surface area contributed by atoms with E-state index in [4.69, 9.17) is 4.74 Å². The van der Waals surface area contributed by atoms with Gasteiger partial charge in [0.25, 0.3) is 5.91 Å². The van der Waals surface area contributed by atoms with Crippen molar-refractivity contribution in [2.75, 3.05) is 31.2 Å². The quantitative estimate of drug-likeness (QED) is 0.456. The molecule has 5 rings (SSSR count).